The first kappa shape index (κ1) is 18.2. The summed E-state index contributed by atoms with van der Waals surface area (Å²) in [7, 11) is 1.95. The van der Waals surface area contributed by atoms with Crippen molar-refractivity contribution in [3.63, 3.8) is 0 Å². The first-order valence-electron chi connectivity index (χ1n) is 9.99. The first-order chi connectivity index (χ1) is 11.5. The maximum atomic E-state index is 11.9. The van der Waals surface area contributed by atoms with Gasteiger partial charge in [-0.25, -0.2) is 0 Å². The van der Waals surface area contributed by atoms with E-state index >= 15 is 0 Å². The van der Waals surface area contributed by atoms with Crippen molar-refractivity contribution < 1.29 is 4.79 Å². The van der Waals surface area contributed by atoms with Gasteiger partial charge in [-0.3, -0.25) is 9.69 Å². The molecule has 0 saturated carbocycles. The van der Waals surface area contributed by atoms with Gasteiger partial charge < -0.3 is 15.5 Å². The summed E-state index contributed by atoms with van der Waals surface area (Å²) in [5.41, 5.74) is 6.81. The molecular formula is C19H36N4O. The van der Waals surface area contributed by atoms with Crippen LogP contribution in [0.5, 0.6) is 0 Å². The fourth-order valence-electron chi connectivity index (χ4n) is 5.05. The molecule has 1 spiro atoms. The van der Waals surface area contributed by atoms with E-state index in [0.29, 0.717) is 11.9 Å². The Balaban J connectivity index is 1.46. The van der Waals surface area contributed by atoms with Crippen LogP contribution >= 0.6 is 0 Å². The van der Waals surface area contributed by atoms with Gasteiger partial charge in [-0.15, -0.1) is 0 Å². The molecule has 0 bridgehead atoms. The zero-order chi connectivity index (χ0) is 17.2. The predicted octanol–water partition coefficient (Wildman–Crippen LogP) is 1.52. The average molecular weight is 337 g/mol. The van der Waals surface area contributed by atoms with Gasteiger partial charge in [0, 0.05) is 38.6 Å². The Hall–Kier alpha value is -0.650. The van der Waals surface area contributed by atoms with E-state index in [1.165, 1.54) is 38.8 Å². The smallest absolute Gasteiger partial charge is 0.222 e. The minimum absolute atomic E-state index is 0.257. The third-order valence-corrected chi connectivity index (χ3v) is 6.63. The molecule has 0 radical (unpaired) electrons. The third kappa shape index (κ3) is 3.94. The van der Waals surface area contributed by atoms with Crippen LogP contribution in [0.25, 0.3) is 0 Å². The number of nitrogens with two attached hydrogens (primary N) is 1. The second-order valence-corrected chi connectivity index (χ2v) is 8.49. The molecule has 2 N–H and O–H groups in total. The molecule has 3 fully saturated rings. The van der Waals surface area contributed by atoms with Gasteiger partial charge in [-0.05, 0) is 57.3 Å². The summed E-state index contributed by atoms with van der Waals surface area (Å²) >= 11 is 0. The van der Waals surface area contributed by atoms with Crippen LogP contribution in [0.3, 0.4) is 0 Å². The van der Waals surface area contributed by atoms with Gasteiger partial charge in [0.25, 0.3) is 0 Å². The van der Waals surface area contributed by atoms with Gasteiger partial charge in [0.1, 0.15) is 0 Å². The number of likely N-dealkylation sites (tertiary alicyclic amines) is 3. The highest BCUT2D eigenvalue weighted by Crippen LogP contribution is 2.41. The predicted molar refractivity (Wildman–Crippen MR) is 97.8 cm³/mol. The zero-order valence-electron chi connectivity index (χ0n) is 15.7. The molecule has 0 aromatic heterocycles. The lowest BCUT2D eigenvalue weighted by molar-refractivity contribution is -0.126. The van der Waals surface area contributed by atoms with E-state index in [1.54, 1.807) is 0 Å². The van der Waals surface area contributed by atoms with Crippen molar-refractivity contribution in [1.29, 1.82) is 0 Å². The van der Waals surface area contributed by atoms with Crippen molar-refractivity contribution >= 4 is 5.91 Å². The Labute approximate surface area is 147 Å². The Morgan fingerprint density at radius 1 is 1.21 bits per heavy atom. The molecule has 0 aromatic rings. The van der Waals surface area contributed by atoms with Crippen molar-refractivity contribution in [1.82, 2.24) is 14.7 Å². The summed E-state index contributed by atoms with van der Waals surface area (Å²) in [5.74, 6) is 0.334. The topological polar surface area (TPSA) is 52.8 Å². The number of amides is 1. The molecule has 1 amide bonds. The van der Waals surface area contributed by atoms with E-state index in [1.807, 2.05) is 11.9 Å². The number of piperidine rings is 2. The Morgan fingerprint density at radius 2 is 1.96 bits per heavy atom. The first-order valence-corrected chi connectivity index (χ1v) is 9.99. The Bertz CT molecular complexity index is 433. The summed E-state index contributed by atoms with van der Waals surface area (Å²) in [6.07, 6.45) is 8.21. The van der Waals surface area contributed by atoms with E-state index in [4.69, 9.17) is 5.73 Å². The summed E-state index contributed by atoms with van der Waals surface area (Å²) in [6.45, 7) is 8.93. The van der Waals surface area contributed by atoms with Crippen LogP contribution in [0.15, 0.2) is 0 Å². The van der Waals surface area contributed by atoms with Gasteiger partial charge in [0.05, 0.1) is 0 Å². The lowest BCUT2D eigenvalue weighted by atomic mass is 9.77. The summed E-state index contributed by atoms with van der Waals surface area (Å²) < 4.78 is 0. The summed E-state index contributed by atoms with van der Waals surface area (Å²) in [4.78, 5) is 19.0. The van der Waals surface area contributed by atoms with Crippen LogP contribution in [0.4, 0.5) is 0 Å². The lowest BCUT2D eigenvalue weighted by Crippen LogP contribution is -2.60. The number of hydrogen-bond donors (Lipinski definition) is 1. The molecule has 3 aliphatic rings. The average Bonchev–Trinajstić information content (AvgIpc) is 2.83. The van der Waals surface area contributed by atoms with Crippen molar-refractivity contribution in [2.45, 2.75) is 64.0 Å². The monoisotopic (exact) mass is 336 g/mol. The largest absolute Gasteiger partial charge is 0.345 e. The van der Waals surface area contributed by atoms with E-state index < -0.39 is 0 Å². The van der Waals surface area contributed by atoms with Gasteiger partial charge in [0.2, 0.25) is 5.91 Å². The maximum Gasteiger partial charge on any atom is 0.222 e. The molecule has 3 heterocycles. The molecule has 2 unspecified atom stereocenters. The van der Waals surface area contributed by atoms with Crippen LogP contribution < -0.4 is 5.73 Å². The number of unbranched alkanes of at least 4 members (excludes halogenated alkanes) is 2. The van der Waals surface area contributed by atoms with Crippen LogP contribution in [0.1, 0.15) is 51.9 Å². The van der Waals surface area contributed by atoms with E-state index in [-0.39, 0.29) is 11.5 Å². The highest BCUT2D eigenvalue weighted by molar-refractivity contribution is 5.79. The summed E-state index contributed by atoms with van der Waals surface area (Å²) in [5, 5.41) is 0. The van der Waals surface area contributed by atoms with Gasteiger partial charge >= 0.3 is 0 Å². The number of carbonyl (C=O) groups is 1. The zero-order valence-corrected chi connectivity index (χ0v) is 15.7. The number of hydrogen-bond acceptors (Lipinski definition) is 4. The van der Waals surface area contributed by atoms with Crippen LogP contribution in [0, 0.1) is 5.41 Å². The fourth-order valence-corrected chi connectivity index (χ4v) is 5.05. The molecule has 3 saturated heterocycles. The maximum absolute atomic E-state index is 11.9. The Kier molecular flexibility index (Phi) is 5.83. The molecular weight excluding hydrogens is 300 g/mol. The van der Waals surface area contributed by atoms with Gasteiger partial charge in [-0.2, -0.15) is 0 Å². The minimum Gasteiger partial charge on any atom is -0.345 e. The van der Waals surface area contributed by atoms with Crippen LogP contribution in [-0.2, 0) is 4.79 Å². The van der Waals surface area contributed by atoms with Gasteiger partial charge in [-0.1, -0.05) is 19.8 Å². The number of nitrogens with zero attached hydrogens (tertiary/aromatic N) is 3. The van der Waals surface area contributed by atoms with E-state index in [0.717, 1.165) is 45.4 Å². The minimum atomic E-state index is 0.257. The number of rotatable bonds is 5. The van der Waals surface area contributed by atoms with Crippen molar-refractivity contribution in [3.8, 4) is 0 Å². The molecule has 5 nitrogen and oxygen atoms in total. The molecule has 0 aromatic carbocycles. The second-order valence-electron chi connectivity index (χ2n) is 8.49. The van der Waals surface area contributed by atoms with Crippen LogP contribution in [-0.4, -0.2) is 79.0 Å². The van der Waals surface area contributed by atoms with E-state index in [2.05, 4.69) is 16.7 Å². The Morgan fingerprint density at radius 3 is 2.54 bits per heavy atom. The van der Waals surface area contributed by atoms with Crippen molar-refractivity contribution in [3.05, 3.63) is 0 Å². The van der Waals surface area contributed by atoms with Crippen molar-refractivity contribution in [2.75, 3.05) is 46.3 Å². The molecule has 138 valence electrons. The van der Waals surface area contributed by atoms with Crippen LogP contribution in [0.2, 0.25) is 0 Å². The quantitative estimate of drug-likeness (QED) is 0.774. The standard InChI is InChI=1S/C19H36N4O/c1-3-4-5-9-22-10-6-17(16(20)14-22)23-11-7-19(8-12-23)13-18(24)21(2)15-19/h16-17H,3-15,20H2,1-2H3. The lowest BCUT2D eigenvalue weighted by Gasteiger charge is -2.47. The third-order valence-electron chi connectivity index (χ3n) is 6.63. The SMILES string of the molecule is CCCCCN1CCC(N2CCC3(CC2)CC(=O)N(C)C3)C(N)C1. The van der Waals surface area contributed by atoms with E-state index in [9.17, 15) is 4.79 Å². The van der Waals surface area contributed by atoms with Gasteiger partial charge in [0.15, 0.2) is 0 Å². The highest BCUT2D eigenvalue weighted by Gasteiger charge is 2.45. The molecule has 5 heteroatoms. The molecule has 24 heavy (non-hydrogen) atoms. The molecule has 3 aliphatic heterocycles. The van der Waals surface area contributed by atoms with Crippen molar-refractivity contribution in [2.24, 2.45) is 11.1 Å². The second kappa shape index (κ2) is 7.71. The normalized spacial score (nSPS) is 32.0. The fraction of sp³-hybridized carbons (Fsp3) is 0.947. The number of carbonyl (C=O) groups excluding carboxylic acids is 1. The molecule has 0 aliphatic carbocycles. The highest BCUT2D eigenvalue weighted by atomic mass is 16.2. The summed E-state index contributed by atoms with van der Waals surface area (Å²) in [6, 6.07) is 0.821. The molecule has 3 rings (SSSR count). The molecule has 2 atom stereocenters.